The third-order valence-electron chi connectivity index (χ3n) is 2.56. The van der Waals surface area contributed by atoms with Gasteiger partial charge >= 0.3 is 0 Å². The topological polar surface area (TPSA) is 20.3 Å². The highest BCUT2D eigenvalue weighted by Crippen LogP contribution is 2.21. The summed E-state index contributed by atoms with van der Waals surface area (Å²) < 4.78 is 0.855. The van der Waals surface area contributed by atoms with Gasteiger partial charge in [-0.1, -0.05) is 27.6 Å². The standard InChI is InChI=1S/C13H17Br2NO/c1-9(2)16(7-6-14)13(17)11-8-10(3)4-5-12(11)15/h4-5,8-9H,6-7H2,1-3H3. The Morgan fingerprint density at radius 2 is 2.06 bits per heavy atom. The number of benzene rings is 1. The van der Waals surface area contributed by atoms with E-state index in [1.807, 2.05) is 43.9 Å². The summed E-state index contributed by atoms with van der Waals surface area (Å²) in [7, 11) is 0. The molecule has 1 aromatic carbocycles. The van der Waals surface area contributed by atoms with Crippen LogP contribution in [0.15, 0.2) is 22.7 Å². The van der Waals surface area contributed by atoms with E-state index in [9.17, 15) is 4.79 Å². The first-order valence-corrected chi connectivity index (χ1v) is 7.52. The molecule has 17 heavy (non-hydrogen) atoms. The summed E-state index contributed by atoms with van der Waals surface area (Å²) in [5.41, 5.74) is 1.83. The number of carbonyl (C=O) groups is 1. The van der Waals surface area contributed by atoms with Crippen LogP contribution in [-0.2, 0) is 0 Å². The third-order valence-corrected chi connectivity index (χ3v) is 3.61. The smallest absolute Gasteiger partial charge is 0.255 e. The summed E-state index contributed by atoms with van der Waals surface area (Å²) in [5, 5.41) is 0.792. The van der Waals surface area contributed by atoms with E-state index in [0.717, 1.165) is 27.5 Å². The summed E-state index contributed by atoms with van der Waals surface area (Å²) >= 11 is 6.83. The first-order chi connectivity index (χ1) is 7.97. The average Bonchev–Trinajstić information content (AvgIpc) is 2.28. The molecule has 0 spiro atoms. The fraction of sp³-hybridized carbons (Fsp3) is 0.462. The van der Waals surface area contributed by atoms with Crippen LogP contribution >= 0.6 is 31.9 Å². The zero-order valence-electron chi connectivity index (χ0n) is 10.3. The zero-order chi connectivity index (χ0) is 13.0. The van der Waals surface area contributed by atoms with E-state index in [1.54, 1.807) is 0 Å². The molecule has 0 saturated heterocycles. The van der Waals surface area contributed by atoms with Crippen LogP contribution in [-0.4, -0.2) is 28.7 Å². The minimum absolute atomic E-state index is 0.0787. The van der Waals surface area contributed by atoms with Gasteiger partial charge in [-0.15, -0.1) is 0 Å². The number of hydrogen-bond donors (Lipinski definition) is 0. The Balaban J connectivity index is 3.04. The maximum Gasteiger partial charge on any atom is 0.255 e. The second-order valence-corrected chi connectivity index (χ2v) is 5.91. The van der Waals surface area contributed by atoms with Gasteiger partial charge in [0.25, 0.3) is 5.91 Å². The number of hydrogen-bond acceptors (Lipinski definition) is 1. The minimum atomic E-state index is 0.0787. The molecule has 2 nitrogen and oxygen atoms in total. The molecule has 0 aromatic heterocycles. The van der Waals surface area contributed by atoms with Crippen molar-refractivity contribution in [2.45, 2.75) is 26.8 Å². The van der Waals surface area contributed by atoms with Crippen molar-refractivity contribution in [3.63, 3.8) is 0 Å². The van der Waals surface area contributed by atoms with Crippen molar-refractivity contribution in [2.24, 2.45) is 0 Å². The van der Waals surface area contributed by atoms with E-state index in [-0.39, 0.29) is 11.9 Å². The van der Waals surface area contributed by atoms with E-state index >= 15 is 0 Å². The lowest BCUT2D eigenvalue weighted by Crippen LogP contribution is -2.38. The Hall–Kier alpha value is -0.350. The van der Waals surface area contributed by atoms with Crippen molar-refractivity contribution >= 4 is 37.8 Å². The second kappa shape index (κ2) is 6.55. The second-order valence-electron chi connectivity index (χ2n) is 4.26. The fourth-order valence-electron chi connectivity index (χ4n) is 1.64. The summed E-state index contributed by atoms with van der Waals surface area (Å²) in [6.45, 7) is 6.78. The molecule has 1 rings (SSSR count). The normalized spacial score (nSPS) is 10.7. The first-order valence-electron chi connectivity index (χ1n) is 5.60. The molecule has 0 saturated carbocycles. The number of amides is 1. The summed E-state index contributed by atoms with van der Waals surface area (Å²) in [6, 6.07) is 6.04. The molecule has 94 valence electrons. The molecule has 0 unspecified atom stereocenters. The predicted octanol–water partition coefficient (Wildman–Crippen LogP) is 4.00. The van der Waals surface area contributed by atoms with Gasteiger partial charge in [0.1, 0.15) is 0 Å². The molecule has 0 atom stereocenters. The van der Waals surface area contributed by atoms with Gasteiger partial charge in [-0.3, -0.25) is 4.79 Å². The molecule has 0 aliphatic carbocycles. The molecular formula is C13H17Br2NO. The quantitative estimate of drug-likeness (QED) is 0.741. The third kappa shape index (κ3) is 3.81. The number of nitrogens with zero attached hydrogens (tertiary/aromatic N) is 1. The van der Waals surface area contributed by atoms with Gasteiger partial charge in [0.05, 0.1) is 5.56 Å². The van der Waals surface area contributed by atoms with Crippen LogP contribution in [0, 0.1) is 6.92 Å². The highest BCUT2D eigenvalue weighted by Gasteiger charge is 2.20. The Bertz CT molecular complexity index is 404. The van der Waals surface area contributed by atoms with Crippen molar-refractivity contribution < 1.29 is 4.79 Å². The van der Waals surface area contributed by atoms with Crippen LogP contribution in [0.2, 0.25) is 0 Å². The molecule has 0 bridgehead atoms. The molecular weight excluding hydrogens is 346 g/mol. The summed E-state index contributed by atoms with van der Waals surface area (Å²) in [5.74, 6) is 0.0787. The molecule has 0 aliphatic heterocycles. The van der Waals surface area contributed by atoms with Gasteiger partial charge in [-0.05, 0) is 48.8 Å². The van der Waals surface area contributed by atoms with E-state index in [2.05, 4.69) is 31.9 Å². The van der Waals surface area contributed by atoms with E-state index in [0.29, 0.717) is 0 Å². The van der Waals surface area contributed by atoms with Gasteiger partial charge in [0, 0.05) is 22.4 Å². The SMILES string of the molecule is Cc1ccc(Br)c(C(=O)N(CCBr)C(C)C)c1. The molecule has 0 aliphatic rings. The Kier molecular flexibility index (Phi) is 5.67. The first kappa shape index (κ1) is 14.7. The largest absolute Gasteiger partial charge is 0.335 e. The van der Waals surface area contributed by atoms with Crippen LogP contribution in [0.25, 0.3) is 0 Å². The lowest BCUT2D eigenvalue weighted by Gasteiger charge is -2.26. The van der Waals surface area contributed by atoms with Crippen molar-refractivity contribution in [1.82, 2.24) is 4.90 Å². The molecule has 0 N–H and O–H groups in total. The zero-order valence-corrected chi connectivity index (χ0v) is 13.5. The van der Waals surface area contributed by atoms with Crippen LogP contribution in [0.5, 0.6) is 0 Å². The van der Waals surface area contributed by atoms with Crippen molar-refractivity contribution in [1.29, 1.82) is 0 Å². The molecule has 1 aromatic rings. The van der Waals surface area contributed by atoms with Gasteiger partial charge in [0.2, 0.25) is 0 Å². The fourth-order valence-corrected chi connectivity index (χ4v) is 2.44. The lowest BCUT2D eigenvalue weighted by atomic mass is 10.1. The number of carbonyl (C=O) groups excluding carboxylic acids is 1. The van der Waals surface area contributed by atoms with Crippen molar-refractivity contribution in [3.05, 3.63) is 33.8 Å². The number of halogens is 2. The van der Waals surface area contributed by atoms with Crippen LogP contribution in [0.3, 0.4) is 0 Å². The minimum Gasteiger partial charge on any atom is -0.335 e. The molecule has 4 heteroatoms. The number of aryl methyl sites for hydroxylation is 1. The maximum atomic E-state index is 12.4. The van der Waals surface area contributed by atoms with Gasteiger partial charge < -0.3 is 4.90 Å². The van der Waals surface area contributed by atoms with Gasteiger partial charge in [-0.2, -0.15) is 0 Å². The summed E-state index contributed by atoms with van der Waals surface area (Å²) in [6.07, 6.45) is 0. The van der Waals surface area contributed by atoms with E-state index in [4.69, 9.17) is 0 Å². The van der Waals surface area contributed by atoms with Crippen LogP contribution < -0.4 is 0 Å². The number of alkyl halides is 1. The van der Waals surface area contributed by atoms with E-state index in [1.165, 1.54) is 0 Å². The molecule has 1 amide bonds. The summed E-state index contributed by atoms with van der Waals surface area (Å²) in [4.78, 5) is 14.3. The van der Waals surface area contributed by atoms with Crippen molar-refractivity contribution in [3.8, 4) is 0 Å². The maximum absolute atomic E-state index is 12.4. The van der Waals surface area contributed by atoms with E-state index < -0.39 is 0 Å². The van der Waals surface area contributed by atoms with Gasteiger partial charge in [-0.25, -0.2) is 0 Å². The number of rotatable bonds is 4. The Morgan fingerprint density at radius 1 is 1.41 bits per heavy atom. The molecule has 0 heterocycles. The Morgan fingerprint density at radius 3 is 2.59 bits per heavy atom. The Labute approximate surface area is 120 Å². The predicted molar refractivity (Wildman–Crippen MR) is 78.8 cm³/mol. The highest BCUT2D eigenvalue weighted by atomic mass is 79.9. The molecule has 0 fully saturated rings. The van der Waals surface area contributed by atoms with Crippen LogP contribution in [0.1, 0.15) is 29.8 Å². The average molecular weight is 363 g/mol. The lowest BCUT2D eigenvalue weighted by molar-refractivity contribution is 0.0718. The van der Waals surface area contributed by atoms with Gasteiger partial charge in [0.15, 0.2) is 0 Å². The monoisotopic (exact) mass is 361 g/mol. The van der Waals surface area contributed by atoms with Crippen LogP contribution in [0.4, 0.5) is 0 Å². The highest BCUT2D eigenvalue weighted by molar-refractivity contribution is 9.10. The van der Waals surface area contributed by atoms with Crippen molar-refractivity contribution in [2.75, 3.05) is 11.9 Å². The molecule has 0 radical (unpaired) electrons.